The van der Waals surface area contributed by atoms with E-state index in [1.165, 1.54) is 0 Å². The summed E-state index contributed by atoms with van der Waals surface area (Å²) in [6.07, 6.45) is 2.05. The van der Waals surface area contributed by atoms with Gasteiger partial charge in [-0.25, -0.2) is 0 Å². The van der Waals surface area contributed by atoms with Crippen LogP contribution in [0.25, 0.3) is 0 Å². The summed E-state index contributed by atoms with van der Waals surface area (Å²) in [5, 5.41) is 11.0. The molecular weight excluding hydrogens is 294 g/mol. The number of hydrogen-bond donors (Lipinski definition) is 1. The van der Waals surface area contributed by atoms with Crippen molar-refractivity contribution in [1.29, 1.82) is 0 Å². The molecule has 23 heavy (non-hydrogen) atoms. The molecule has 0 spiro atoms. The van der Waals surface area contributed by atoms with E-state index in [2.05, 4.69) is 4.90 Å². The second-order valence-corrected chi connectivity index (χ2v) is 6.70. The Kier molecular flexibility index (Phi) is 5.54. The van der Waals surface area contributed by atoms with Gasteiger partial charge in [0.05, 0.1) is 13.2 Å². The minimum atomic E-state index is -0.974. The minimum absolute atomic E-state index is 0.246. The van der Waals surface area contributed by atoms with Crippen molar-refractivity contribution in [3.63, 3.8) is 0 Å². The Bertz CT molecular complexity index is 504. The van der Waals surface area contributed by atoms with Gasteiger partial charge in [0.2, 0.25) is 0 Å². The van der Waals surface area contributed by atoms with Crippen LogP contribution in [0.2, 0.25) is 0 Å². The number of ether oxygens (including phenoxy) is 3. The molecule has 2 saturated heterocycles. The normalized spacial score (nSPS) is 27.6. The summed E-state index contributed by atoms with van der Waals surface area (Å²) in [5.74, 6) is 0.792. The minimum Gasteiger partial charge on any atom is -0.490 e. The van der Waals surface area contributed by atoms with Gasteiger partial charge in [-0.2, -0.15) is 0 Å². The van der Waals surface area contributed by atoms with E-state index in [4.69, 9.17) is 14.2 Å². The molecule has 0 aliphatic carbocycles. The molecule has 2 aliphatic heterocycles. The second-order valence-electron chi connectivity index (χ2n) is 6.70. The van der Waals surface area contributed by atoms with Crippen molar-refractivity contribution in [3.05, 3.63) is 29.8 Å². The van der Waals surface area contributed by atoms with Crippen LogP contribution in [-0.2, 0) is 9.47 Å². The van der Waals surface area contributed by atoms with Gasteiger partial charge in [0, 0.05) is 32.3 Å². The van der Waals surface area contributed by atoms with Crippen LogP contribution in [0.15, 0.2) is 24.3 Å². The first-order chi connectivity index (χ1) is 11.1. The molecule has 1 aromatic rings. The summed E-state index contributed by atoms with van der Waals surface area (Å²) in [4.78, 5) is 2.34. The van der Waals surface area contributed by atoms with Crippen LogP contribution >= 0.6 is 0 Å². The molecule has 128 valence electrons. The first-order valence-electron chi connectivity index (χ1n) is 8.46. The highest BCUT2D eigenvalue weighted by atomic mass is 16.5. The maximum absolute atomic E-state index is 11.0. The van der Waals surface area contributed by atoms with Crippen LogP contribution in [-0.4, -0.2) is 67.8 Å². The maximum atomic E-state index is 11.0. The number of benzene rings is 1. The molecule has 1 aromatic carbocycles. The van der Waals surface area contributed by atoms with E-state index in [0.717, 1.165) is 43.9 Å². The largest absolute Gasteiger partial charge is 0.490 e. The lowest BCUT2D eigenvalue weighted by Gasteiger charge is -2.37. The highest BCUT2D eigenvalue weighted by Gasteiger charge is 2.36. The Morgan fingerprint density at radius 2 is 2.09 bits per heavy atom. The zero-order valence-electron chi connectivity index (χ0n) is 13.9. The van der Waals surface area contributed by atoms with Crippen LogP contribution in [0.1, 0.15) is 18.4 Å². The fourth-order valence-electron chi connectivity index (χ4n) is 3.32. The van der Waals surface area contributed by atoms with Gasteiger partial charge in [-0.1, -0.05) is 12.1 Å². The number of aliphatic hydroxyl groups is 1. The monoisotopic (exact) mass is 321 g/mol. The van der Waals surface area contributed by atoms with Gasteiger partial charge in [0.1, 0.15) is 18.0 Å². The molecule has 1 N–H and O–H groups in total. The molecule has 2 fully saturated rings. The Hall–Kier alpha value is -1.14. The van der Waals surface area contributed by atoms with Gasteiger partial charge in [-0.3, -0.25) is 4.90 Å². The van der Waals surface area contributed by atoms with Crippen molar-refractivity contribution in [2.24, 2.45) is 0 Å². The fourth-order valence-corrected chi connectivity index (χ4v) is 3.32. The summed E-state index contributed by atoms with van der Waals surface area (Å²) >= 11 is 0. The Balaban J connectivity index is 1.61. The van der Waals surface area contributed by atoms with E-state index in [1.807, 2.05) is 31.2 Å². The lowest BCUT2D eigenvalue weighted by atomic mass is 10.0. The Morgan fingerprint density at radius 1 is 1.26 bits per heavy atom. The lowest BCUT2D eigenvalue weighted by molar-refractivity contribution is -0.0714. The molecule has 1 atom stereocenters. The third-order valence-electron chi connectivity index (χ3n) is 4.60. The first-order valence-corrected chi connectivity index (χ1v) is 8.46. The van der Waals surface area contributed by atoms with E-state index in [-0.39, 0.29) is 6.61 Å². The summed E-state index contributed by atoms with van der Waals surface area (Å²) in [6, 6.07) is 8.37. The van der Waals surface area contributed by atoms with Gasteiger partial charge in [-0.15, -0.1) is 0 Å². The number of aryl methyl sites for hydroxylation is 1. The van der Waals surface area contributed by atoms with Crippen LogP contribution < -0.4 is 4.74 Å². The number of β-amino-alcohol motifs (C(OH)–C–C–N with tert-alkyl or cyclic N) is 1. The van der Waals surface area contributed by atoms with Gasteiger partial charge >= 0.3 is 0 Å². The van der Waals surface area contributed by atoms with Crippen molar-refractivity contribution in [3.8, 4) is 5.75 Å². The predicted molar refractivity (Wildman–Crippen MR) is 87.9 cm³/mol. The van der Waals surface area contributed by atoms with Crippen molar-refractivity contribution in [2.75, 3.05) is 46.1 Å². The summed E-state index contributed by atoms with van der Waals surface area (Å²) in [7, 11) is 0. The molecule has 0 saturated carbocycles. The highest BCUT2D eigenvalue weighted by molar-refractivity contribution is 5.27. The SMILES string of the molecule is Cc1cccc(OC[C@@]2(O)COCCN(C3CCOCC3)C2)c1. The molecule has 0 unspecified atom stereocenters. The molecule has 2 heterocycles. The van der Waals surface area contributed by atoms with Crippen LogP contribution in [0.5, 0.6) is 5.75 Å². The molecular formula is C18H27NO4. The van der Waals surface area contributed by atoms with Crippen molar-refractivity contribution in [2.45, 2.75) is 31.4 Å². The molecule has 3 rings (SSSR count). The van der Waals surface area contributed by atoms with Gasteiger partial charge in [-0.05, 0) is 37.5 Å². The molecule has 5 nitrogen and oxygen atoms in total. The number of hydrogen-bond acceptors (Lipinski definition) is 5. The van der Waals surface area contributed by atoms with E-state index in [1.54, 1.807) is 0 Å². The molecule has 0 aromatic heterocycles. The number of rotatable bonds is 4. The molecule has 5 heteroatoms. The van der Waals surface area contributed by atoms with Gasteiger partial charge < -0.3 is 19.3 Å². The third-order valence-corrected chi connectivity index (χ3v) is 4.60. The third kappa shape index (κ3) is 4.67. The van der Waals surface area contributed by atoms with Crippen molar-refractivity contribution in [1.82, 2.24) is 4.90 Å². The Labute approximate surface area is 138 Å². The Morgan fingerprint density at radius 3 is 2.87 bits per heavy atom. The number of nitrogens with zero attached hydrogens (tertiary/aromatic N) is 1. The summed E-state index contributed by atoms with van der Waals surface area (Å²) < 4.78 is 16.9. The average Bonchev–Trinajstić information content (AvgIpc) is 2.76. The molecule has 0 amide bonds. The van der Waals surface area contributed by atoms with E-state index < -0.39 is 5.60 Å². The van der Waals surface area contributed by atoms with Crippen molar-refractivity contribution < 1.29 is 19.3 Å². The summed E-state index contributed by atoms with van der Waals surface area (Å²) in [6.45, 7) is 6.31. The second kappa shape index (κ2) is 7.62. The average molecular weight is 321 g/mol. The smallest absolute Gasteiger partial charge is 0.134 e. The molecule has 2 aliphatic rings. The summed E-state index contributed by atoms with van der Waals surface area (Å²) in [5.41, 5.74) is 0.175. The standard InChI is InChI=1S/C18H27NO4/c1-15-3-2-4-17(11-15)23-14-18(20)12-19(7-10-22-13-18)16-5-8-21-9-6-16/h2-4,11,16,20H,5-10,12-14H2,1H3/t18-/m0/s1. The quantitative estimate of drug-likeness (QED) is 0.913. The maximum Gasteiger partial charge on any atom is 0.134 e. The van der Waals surface area contributed by atoms with E-state index >= 15 is 0 Å². The zero-order chi connectivity index (χ0) is 16.1. The van der Waals surface area contributed by atoms with Crippen molar-refractivity contribution >= 4 is 0 Å². The van der Waals surface area contributed by atoms with E-state index in [9.17, 15) is 5.11 Å². The van der Waals surface area contributed by atoms with E-state index in [0.29, 0.717) is 25.8 Å². The predicted octanol–water partition coefficient (Wildman–Crippen LogP) is 1.62. The van der Waals surface area contributed by atoms with Gasteiger partial charge in [0.25, 0.3) is 0 Å². The van der Waals surface area contributed by atoms with Crippen LogP contribution in [0, 0.1) is 6.92 Å². The van der Waals surface area contributed by atoms with Crippen LogP contribution in [0.4, 0.5) is 0 Å². The zero-order valence-corrected chi connectivity index (χ0v) is 13.9. The topological polar surface area (TPSA) is 51.2 Å². The molecule has 0 radical (unpaired) electrons. The fraction of sp³-hybridized carbons (Fsp3) is 0.667. The highest BCUT2D eigenvalue weighted by Crippen LogP contribution is 2.22. The lowest BCUT2D eigenvalue weighted by Crippen LogP contribution is -2.52. The van der Waals surface area contributed by atoms with Gasteiger partial charge in [0.15, 0.2) is 0 Å². The molecule has 0 bridgehead atoms. The van der Waals surface area contributed by atoms with Crippen LogP contribution in [0.3, 0.4) is 0 Å². The first kappa shape index (κ1) is 16.7.